The van der Waals surface area contributed by atoms with E-state index in [-0.39, 0.29) is 0 Å². The Morgan fingerprint density at radius 2 is 2.06 bits per heavy atom. The summed E-state index contributed by atoms with van der Waals surface area (Å²) in [5.41, 5.74) is 8.96. The number of benzene rings is 1. The standard InChI is InChI=1S/C16H24N2/c1-18(15-6-3-7-15)16(11-17)14-5-2-4-13(10-14)12-8-9-12/h2,4-5,10,12,15-16H,3,6-9,11,17H2,1H3. The van der Waals surface area contributed by atoms with Crippen LogP contribution >= 0.6 is 0 Å². The number of rotatable bonds is 5. The molecule has 2 aliphatic carbocycles. The first-order chi connectivity index (χ1) is 8.79. The fraction of sp³-hybridized carbons (Fsp3) is 0.625. The van der Waals surface area contributed by atoms with E-state index in [4.69, 9.17) is 5.73 Å². The van der Waals surface area contributed by atoms with Crippen LogP contribution in [0, 0.1) is 0 Å². The second-order valence-corrected chi connectivity index (χ2v) is 5.95. The van der Waals surface area contributed by atoms with Crippen molar-refractivity contribution in [3.05, 3.63) is 35.4 Å². The molecule has 0 heterocycles. The summed E-state index contributed by atoms with van der Waals surface area (Å²) in [7, 11) is 2.24. The Hall–Kier alpha value is -0.860. The Balaban J connectivity index is 1.78. The second kappa shape index (κ2) is 5.02. The van der Waals surface area contributed by atoms with Crippen molar-refractivity contribution in [1.29, 1.82) is 0 Å². The molecule has 98 valence electrons. The Morgan fingerprint density at radius 3 is 2.61 bits per heavy atom. The Bertz CT molecular complexity index is 407. The summed E-state index contributed by atoms with van der Waals surface area (Å²) in [5.74, 6) is 0.831. The largest absolute Gasteiger partial charge is 0.329 e. The second-order valence-electron chi connectivity index (χ2n) is 5.95. The maximum absolute atomic E-state index is 6.02. The molecule has 18 heavy (non-hydrogen) atoms. The highest BCUT2D eigenvalue weighted by Crippen LogP contribution is 2.41. The van der Waals surface area contributed by atoms with Crippen molar-refractivity contribution < 1.29 is 0 Å². The maximum Gasteiger partial charge on any atom is 0.0470 e. The van der Waals surface area contributed by atoms with Crippen molar-refractivity contribution in [2.45, 2.75) is 50.1 Å². The molecule has 1 atom stereocenters. The van der Waals surface area contributed by atoms with Crippen LogP contribution in [-0.2, 0) is 0 Å². The summed E-state index contributed by atoms with van der Waals surface area (Å²) in [6, 6.07) is 10.3. The third-order valence-corrected chi connectivity index (χ3v) is 4.71. The van der Waals surface area contributed by atoms with Crippen LogP contribution in [0.1, 0.15) is 55.2 Å². The van der Waals surface area contributed by atoms with Gasteiger partial charge in [0.05, 0.1) is 0 Å². The van der Waals surface area contributed by atoms with E-state index < -0.39 is 0 Å². The van der Waals surface area contributed by atoms with Crippen LogP contribution < -0.4 is 5.73 Å². The zero-order valence-electron chi connectivity index (χ0n) is 11.3. The van der Waals surface area contributed by atoms with E-state index >= 15 is 0 Å². The molecule has 2 saturated carbocycles. The van der Waals surface area contributed by atoms with Crippen LogP contribution in [-0.4, -0.2) is 24.5 Å². The van der Waals surface area contributed by atoms with Crippen LogP contribution in [0.15, 0.2) is 24.3 Å². The van der Waals surface area contributed by atoms with Gasteiger partial charge in [0.1, 0.15) is 0 Å². The predicted octanol–water partition coefficient (Wildman–Crippen LogP) is 3.05. The lowest BCUT2D eigenvalue weighted by Gasteiger charge is -2.40. The summed E-state index contributed by atoms with van der Waals surface area (Å²) in [6.45, 7) is 0.723. The summed E-state index contributed by atoms with van der Waals surface area (Å²) in [6.07, 6.45) is 6.81. The number of nitrogens with zero attached hydrogens (tertiary/aromatic N) is 1. The van der Waals surface area contributed by atoms with E-state index in [9.17, 15) is 0 Å². The lowest BCUT2D eigenvalue weighted by Crippen LogP contribution is -2.42. The zero-order chi connectivity index (χ0) is 12.5. The molecule has 2 heteroatoms. The minimum absolute atomic E-state index is 0.397. The molecule has 1 aromatic rings. The van der Waals surface area contributed by atoms with Crippen LogP contribution in [0.2, 0.25) is 0 Å². The van der Waals surface area contributed by atoms with Gasteiger partial charge >= 0.3 is 0 Å². The van der Waals surface area contributed by atoms with Gasteiger partial charge in [-0.15, -0.1) is 0 Å². The van der Waals surface area contributed by atoms with Gasteiger partial charge in [-0.2, -0.15) is 0 Å². The first kappa shape index (κ1) is 12.2. The third-order valence-electron chi connectivity index (χ3n) is 4.71. The zero-order valence-corrected chi connectivity index (χ0v) is 11.3. The maximum atomic E-state index is 6.02. The molecule has 0 aromatic heterocycles. The molecular formula is C16H24N2. The Labute approximate surface area is 110 Å². The minimum Gasteiger partial charge on any atom is -0.329 e. The van der Waals surface area contributed by atoms with Crippen LogP contribution in [0.4, 0.5) is 0 Å². The summed E-state index contributed by atoms with van der Waals surface area (Å²) in [4.78, 5) is 2.50. The van der Waals surface area contributed by atoms with Crippen LogP contribution in [0.3, 0.4) is 0 Å². The molecule has 1 aromatic carbocycles. The van der Waals surface area contributed by atoms with Gasteiger partial charge in [0, 0.05) is 18.6 Å². The molecule has 1 unspecified atom stereocenters. The van der Waals surface area contributed by atoms with Crippen molar-refractivity contribution in [1.82, 2.24) is 4.90 Å². The normalized spacial score (nSPS) is 21.9. The monoisotopic (exact) mass is 244 g/mol. The molecule has 0 amide bonds. The smallest absolute Gasteiger partial charge is 0.0470 e. The molecule has 2 N–H and O–H groups in total. The quantitative estimate of drug-likeness (QED) is 0.862. The summed E-state index contributed by atoms with van der Waals surface area (Å²) in [5, 5.41) is 0. The molecule has 2 nitrogen and oxygen atoms in total. The highest BCUT2D eigenvalue weighted by atomic mass is 15.2. The van der Waals surface area contributed by atoms with Crippen molar-refractivity contribution >= 4 is 0 Å². The van der Waals surface area contributed by atoms with Crippen molar-refractivity contribution in [3.8, 4) is 0 Å². The molecule has 2 fully saturated rings. The third kappa shape index (κ3) is 2.32. The fourth-order valence-corrected chi connectivity index (χ4v) is 3.02. The van der Waals surface area contributed by atoms with Gasteiger partial charge in [-0.1, -0.05) is 30.7 Å². The summed E-state index contributed by atoms with van der Waals surface area (Å²) >= 11 is 0. The first-order valence-electron chi connectivity index (χ1n) is 7.31. The van der Waals surface area contributed by atoms with Gasteiger partial charge in [-0.05, 0) is 49.8 Å². The van der Waals surface area contributed by atoms with E-state index in [0.29, 0.717) is 6.04 Å². The van der Waals surface area contributed by atoms with Crippen LogP contribution in [0.5, 0.6) is 0 Å². The lowest BCUT2D eigenvalue weighted by molar-refractivity contribution is 0.113. The first-order valence-corrected chi connectivity index (χ1v) is 7.31. The highest BCUT2D eigenvalue weighted by molar-refractivity contribution is 5.31. The molecular weight excluding hydrogens is 220 g/mol. The number of nitrogens with two attached hydrogens (primary N) is 1. The van der Waals surface area contributed by atoms with E-state index in [1.807, 2.05) is 0 Å². The highest BCUT2D eigenvalue weighted by Gasteiger charge is 2.29. The van der Waals surface area contributed by atoms with E-state index in [2.05, 4.69) is 36.2 Å². The molecule has 0 spiro atoms. The van der Waals surface area contributed by atoms with Gasteiger partial charge < -0.3 is 5.73 Å². The van der Waals surface area contributed by atoms with E-state index in [1.54, 1.807) is 0 Å². The SMILES string of the molecule is CN(C1CCC1)C(CN)c1cccc(C2CC2)c1. The number of hydrogen-bond donors (Lipinski definition) is 1. The predicted molar refractivity (Wildman–Crippen MR) is 75.6 cm³/mol. The molecule has 0 radical (unpaired) electrons. The average molecular weight is 244 g/mol. The van der Waals surface area contributed by atoms with Gasteiger partial charge in [0.2, 0.25) is 0 Å². The van der Waals surface area contributed by atoms with Crippen molar-refractivity contribution in [2.75, 3.05) is 13.6 Å². The van der Waals surface area contributed by atoms with E-state index in [0.717, 1.165) is 18.5 Å². The van der Waals surface area contributed by atoms with Gasteiger partial charge in [0.15, 0.2) is 0 Å². The molecule has 0 aliphatic heterocycles. The Morgan fingerprint density at radius 1 is 1.28 bits per heavy atom. The van der Waals surface area contributed by atoms with Gasteiger partial charge in [-0.25, -0.2) is 0 Å². The average Bonchev–Trinajstić information content (AvgIpc) is 3.12. The molecule has 0 bridgehead atoms. The van der Waals surface area contributed by atoms with Crippen molar-refractivity contribution in [2.24, 2.45) is 5.73 Å². The Kier molecular flexibility index (Phi) is 3.40. The fourth-order valence-electron chi connectivity index (χ4n) is 3.02. The minimum atomic E-state index is 0.397. The summed E-state index contributed by atoms with van der Waals surface area (Å²) < 4.78 is 0. The molecule has 3 rings (SSSR count). The van der Waals surface area contributed by atoms with Gasteiger partial charge in [-0.3, -0.25) is 4.90 Å². The van der Waals surface area contributed by atoms with E-state index in [1.165, 1.54) is 43.2 Å². The topological polar surface area (TPSA) is 29.3 Å². The van der Waals surface area contributed by atoms with Crippen molar-refractivity contribution in [3.63, 3.8) is 0 Å². The molecule has 0 saturated heterocycles. The lowest BCUT2D eigenvalue weighted by atomic mass is 9.89. The molecule has 2 aliphatic rings. The number of hydrogen-bond acceptors (Lipinski definition) is 2. The number of likely N-dealkylation sites (N-methyl/N-ethyl adjacent to an activating group) is 1. The van der Waals surface area contributed by atoms with Crippen LogP contribution in [0.25, 0.3) is 0 Å². The van der Waals surface area contributed by atoms with Gasteiger partial charge in [0.25, 0.3) is 0 Å².